The van der Waals surface area contributed by atoms with Gasteiger partial charge in [-0.2, -0.15) is 0 Å². The summed E-state index contributed by atoms with van der Waals surface area (Å²) < 4.78 is 0. The summed E-state index contributed by atoms with van der Waals surface area (Å²) in [6.45, 7) is -1.17. The van der Waals surface area contributed by atoms with E-state index >= 15 is 0 Å². The molecule has 0 aliphatic carbocycles. The smallest absolute Gasteiger partial charge is 0.0102 e. The molecule has 0 radical (unpaired) electrons. The lowest BCUT2D eigenvalue weighted by molar-refractivity contribution is 0.787. The van der Waals surface area contributed by atoms with E-state index in [0.29, 0.717) is 0 Å². The Labute approximate surface area is 117 Å². The van der Waals surface area contributed by atoms with E-state index in [1.807, 2.05) is 0 Å². The molecule has 2 aromatic carbocycles. The molecule has 0 atom stereocenters. The third-order valence-corrected chi connectivity index (χ3v) is 12.1. The lowest BCUT2D eigenvalue weighted by Crippen LogP contribution is -2.17. The first-order valence-electron chi connectivity index (χ1n) is 7.10. The third-order valence-electron chi connectivity index (χ3n) is 3.85. The lowest BCUT2D eigenvalue weighted by atomic mass is 10.3. The molecule has 1 heterocycles. The Balaban J connectivity index is 2.19. The molecule has 1 aliphatic rings. The molecule has 0 fully saturated rings. The number of benzene rings is 2. The summed E-state index contributed by atoms with van der Waals surface area (Å²) in [4.78, 5) is 0. The summed E-state index contributed by atoms with van der Waals surface area (Å²) in [5, 5.41) is 3.20. The van der Waals surface area contributed by atoms with Crippen LogP contribution in [0.5, 0.6) is 0 Å². The van der Waals surface area contributed by atoms with Gasteiger partial charge in [-0.05, 0) is 42.3 Å². The Bertz CT molecular complexity index is 529. The lowest BCUT2D eigenvalue weighted by Gasteiger charge is -2.26. The van der Waals surface area contributed by atoms with Crippen molar-refractivity contribution in [2.24, 2.45) is 0 Å². The van der Waals surface area contributed by atoms with Crippen molar-refractivity contribution in [2.75, 3.05) is 12.3 Å². The van der Waals surface area contributed by atoms with Crippen molar-refractivity contribution in [3.05, 3.63) is 60.7 Å². The maximum absolute atomic E-state index is 2.36. The van der Waals surface area contributed by atoms with Gasteiger partial charge in [0.2, 0.25) is 0 Å². The zero-order valence-electron chi connectivity index (χ0n) is 11.2. The van der Waals surface area contributed by atoms with E-state index in [4.69, 9.17) is 0 Å². The van der Waals surface area contributed by atoms with Gasteiger partial charge in [0, 0.05) is 0 Å². The number of hydrogen-bond acceptors (Lipinski definition) is 0. The second kappa shape index (κ2) is 6.08. The van der Waals surface area contributed by atoms with Gasteiger partial charge in [-0.25, -0.2) is 0 Å². The maximum Gasteiger partial charge on any atom is -0.0102 e. The minimum atomic E-state index is -1.17. The highest BCUT2D eigenvalue weighted by atomic mass is 31.8. The molecule has 0 unspecified atom stereocenters. The summed E-state index contributed by atoms with van der Waals surface area (Å²) in [7, 11) is 1.69. The normalized spacial score (nSPS) is 19.2. The largest absolute Gasteiger partial charge is 0.0993 e. The van der Waals surface area contributed by atoms with Crippen LogP contribution in [0.4, 0.5) is 0 Å². The monoisotopic (exact) mass is 286 g/mol. The topological polar surface area (TPSA) is 0 Å². The fourth-order valence-electron chi connectivity index (χ4n) is 2.86. The van der Waals surface area contributed by atoms with Crippen LogP contribution in [0.1, 0.15) is 19.3 Å². The summed E-state index contributed by atoms with van der Waals surface area (Å²) in [6, 6.07) is 22.6. The molecular weight excluding hydrogens is 266 g/mol. The molecule has 1 aliphatic heterocycles. The van der Waals surface area contributed by atoms with E-state index in [9.17, 15) is 0 Å². The zero-order chi connectivity index (χ0) is 13.0. The van der Waals surface area contributed by atoms with Crippen molar-refractivity contribution in [3.8, 4) is 0 Å². The average Bonchev–Trinajstić information content (AvgIpc) is 2.76. The Morgan fingerprint density at radius 1 is 0.684 bits per heavy atom. The van der Waals surface area contributed by atoms with Crippen LogP contribution < -0.4 is 10.6 Å². The molecular formula is C17H20P2. The van der Waals surface area contributed by atoms with Crippen LogP contribution in [0.25, 0.3) is 0 Å². The minimum absolute atomic E-state index is 1.17. The molecule has 2 heteroatoms. The van der Waals surface area contributed by atoms with Gasteiger partial charge in [-0.1, -0.05) is 75.0 Å². The van der Waals surface area contributed by atoms with Crippen LogP contribution in [0.2, 0.25) is 0 Å². The Hall–Kier alpha value is -0.830. The van der Waals surface area contributed by atoms with Crippen molar-refractivity contribution in [1.82, 2.24) is 0 Å². The first-order valence-corrected chi connectivity index (χ1v) is 10.9. The Morgan fingerprint density at radius 2 is 1.26 bits per heavy atom. The standard InChI is InChI=1S/C17H20P2/c1-4-10-16(11-5-1)19(15-9-3-8-14-18-19)17-12-6-2-7-13-17/h1-2,4-7,10-13H,3,8-9,14-15H2. The van der Waals surface area contributed by atoms with E-state index in [-0.39, 0.29) is 0 Å². The first kappa shape index (κ1) is 13.2. The van der Waals surface area contributed by atoms with Crippen LogP contribution in [0.3, 0.4) is 0 Å². The van der Waals surface area contributed by atoms with Crippen LogP contribution in [-0.2, 0) is 0 Å². The van der Waals surface area contributed by atoms with Gasteiger partial charge in [0.15, 0.2) is 0 Å². The molecule has 2 aromatic rings. The molecule has 0 saturated heterocycles. The average molecular weight is 286 g/mol. The van der Waals surface area contributed by atoms with Gasteiger partial charge in [-0.3, -0.25) is 0 Å². The highest BCUT2D eigenvalue weighted by Crippen LogP contribution is 2.56. The van der Waals surface area contributed by atoms with E-state index in [2.05, 4.69) is 60.7 Å². The second-order valence-corrected chi connectivity index (χ2v) is 11.7. The van der Waals surface area contributed by atoms with Crippen LogP contribution >= 0.6 is 14.4 Å². The van der Waals surface area contributed by atoms with E-state index in [0.717, 1.165) is 0 Å². The molecule has 0 aromatic heterocycles. The number of rotatable bonds is 2. The van der Waals surface area contributed by atoms with E-state index in [1.165, 1.54) is 31.6 Å². The summed E-state index contributed by atoms with van der Waals surface area (Å²) >= 11 is 0. The van der Waals surface area contributed by atoms with Crippen molar-refractivity contribution in [3.63, 3.8) is 0 Å². The van der Waals surface area contributed by atoms with Crippen molar-refractivity contribution < 1.29 is 0 Å². The van der Waals surface area contributed by atoms with Gasteiger partial charge >= 0.3 is 0 Å². The van der Waals surface area contributed by atoms with E-state index < -0.39 is 6.55 Å². The molecule has 0 nitrogen and oxygen atoms in total. The summed E-state index contributed by atoms with van der Waals surface area (Å²) in [5.41, 5.74) is 0. The number of hydrogen-bond donors (Lipinski definition) is 0. The van der Waals surface area contributed by atoms with Gasteiger partial charge in [-0.15, -0.1) is 0 Å². The summed E-state index contributed by atoms with van der Waals surface area (Å²) in [5.74, 6) is 0. The Kier molecular flexibility index (Phi) is 4.21. The predicted octanol–water partition coefficient (Wildman–Crippen LogP) is 4.70. The highest BCUT2D eigenvalue weighted by Gasteiger charge is 2.23. The minimum Gasteiger partial charge on any atom is -0.0993 e. The maximum atomic E-state index is 2.36. The SMILES string of the molecule is c1ccc(P2(c3ccccc3)=PCCCCC2)cc1. The second-order valence-electron chi connectivity index (χ2n) is 5.09. The fourth-order valence-corrected chi connectivity index (χ4v) is 10.9. The van der Waals surface area contributed by atoms with Gasteiger partial charge in [0.25, 0.3) is 0 Å². The van der Waals surface area contributed by atoms with Crippen molar-refractivity contribution >= 4 is 25.0 Å². The van der Waals surface area contributed by atoms with Gasteiger partial charge < -0.3 is 0 Å². The van der Waals surface area contributed by atoms with E-state index in [1.54, 1.807) is 18.5 Å². The molecule has 0 amide bonds. The zero-order valence-corrected chi connectivity index (χ0v) is 13.0. The molecule has 98 valence electrons. The Morgan fingerprint density at radius 3 is 1.84 bits per heavy atom. The molecule has 0 spiro atoms. The third kappa shape index (κ3) is 2.71. The molecule has 0 saturated carbocycles. The molecule has 19 heavy (non-hydrogen) atoms. The van der Waals surface area contributed by atoms with Gasteiger partial charge in [0.05, 0.1) is 0 Å². The molecule has 0 bridgehead atoms. The summed E-state index contributed by atoms with van der Waals surface area (Å²) in [6.07, 6.45) is 6.97. The first-order chi connectivity index (χ1) is 9.42. The van der Waals surface area contributed by atoms with Gasteiger partial charge in [0.1, 0.15) is 0 Å². The van der Waals surface area contributed by atoms with Crippen LogP contribution in [-0.4, -0.2) is 12.3 Å². The molecule has 0 N–H and O–H groups in total. The van der Waals surface area contributed by atoms with Crippen molar-refractivity contribution in [1.29, 1.82) is 0 Å². The van der Waals surface area contributed by atoms with Crippen molar-refractivity contribution in [2.45, 2.75) is 19.3 Å². The van der Waals surface area contributed by atoms with Crippen LogP contribution in [0, 0.1) is 0 Å². The quantitative estimate of drug-likeness (QED) is 0.702. The fraction of sp³-hybridized carbons (Fsp3) is 0.294. The molecule has 3 rings (SSSR count). The predicted molar refractivity (Wildman–Crippen MR) is 89.6 cm³/mol. The highest BCUT2D eigenvalue weighted by molar-refractivity contribution is 8.13. The van der Waals surface area contributed by atoms with Crippen LogP contribution in [0.15, 0.2) is 60.7 Å².